The van der Waals surface area contributed by atoms with Gasteiger partial charge in [0, 0.05) is 13.7 Å². The van der Waals surface area contributed by atoms with Crippen molar-refractivity contribution < 1.29 is 4.74 Å². The van der Waals surface area contributed by atoms with Crippen LogP contribution in [0.15, 0.2) is 24.3 Å². The minimum Gasteiger partial charge on any atom is -0.383 e. The molecule has 20 heavy (non-hydrogen) atoms. The van der Waals surface area contributed by atoms with E-state index in [1.165, 1.54) is 43.2 Å². The summed E-state index contributed by atoms with van der Waals surface area (Å²) in [6.45, 7) is 5.14. The van der Waals surface area contributed by atoms with Gasteiger partial charge in [-0.2, -0.15) is 0 Å². The molecular formula is C18H29NO. The lowest BCUT2D eigenvalue weighted by atomic mass is 9.84. The highest BCUT2D eigenvalue weighted by Gasteiger charge is 2.25. The van der Waals surface area contributed by atoms with Crippen LogP contribution >= 0.6 is 0 Å². The minimum atomic E-state index is 0.774. The quantitative estimate of drug-likeness (QED) is 0.732. The molecular weight excluding hydrogens is 246 g/mol. The molecule has 0 heterocycles. The first-order valence-corrected chi connectivity index (χ1v) is 8.05. The van der Waals surface area contributed by atoms with Crippen molar-refractivity contribution in [3.63, 3.8) is 0 Å². The summed E-state index contributed by atoms with van der Waals surface area (Å²) in [5, 5.41) is 3.58. The number of nitrogens with one attached hydrogen (secondary N) is 1. The zero-order valence-corrected chi connectivity index (χ0v) is 13.0. The molecule has 1 aliphatic carbocycles. The van der Waals surface area contributed by atoms with E-state index in [4.69, 9.17) is 4.74 Å². The summed E-state index contributed by atoms with van der Waals surface area (Å²) < 4.78 is 5.12. The van der Waals surface area contributed by atoms with Crippen LogP contribution in [-0.2, 0) is 11.2 Å². The van der Waals surface area contributed by atoms with E-state index in [2.05, 4.69) is 36.5 Å². The van der Waals surface area contributed by atoms with E-state index >= 15 is 0 Å². The van der Waals surface area contributed by atoms with Gasteiger partial charge in [-0.3, -0.25) is 0 Å². The number of methoxy groups -OCH3 is 1. The van der Waals surface area contributed by atoms with Crippen molar-refractivity contribution in [1.82, 2.24) is 5.32 Å². The van der Waals surface area contributed by atoms with Crippen LogP contribution < -0.4 is 5.32 Å². The van der Waals surface area contributed by atoms with Gasteiger partial charge in [-0.1, -0.05) is 49.9 Å². The predicted octanol–water partition coefficient (Wildman–Crippen LogP) is 3.58. The molecule has 0 spiro atoms. The predicted molar refractivity (Wildman–Crippen MR) is 85.1 cm³/mol. The molecule has 0 saturated heterocycles. The van der Waals surface area contributed by atoms with Crippen molar-refractivity contribution in [2.75, 3.05) is 26.8 Å². The van der Waals surface area contributed by atoms with E-state index in [1.54, 1.807) is 7.11 Å². The zero-order valence-electron chi connectivity index (χ0n) is 13.0. The van der Waals surface area contributed by atoms with Crippen LogP contribution in [-0.4, -0.2) is 26.8 Å². The molecule has 2 nitrogen and oxygen atoms in total. The van der Waals surface area contributed by atoms with Gasteiger partial charge in [-0.15, -0.1) is 0 Å². The highest BCUT2D eigenvalue weighted by atomic mass is 16.5. The second-order valence-electron chi connectivity index (χ2n) is 6.13. The Morgan fingerprint density at radius 1 is 1.25 bits per heavy atom. The first kappa shape index (κ1) is 15.5. The van der Waals surface area contributed by atoms with Crippen LogP contribution in [0.5, 0.6) is 0 Å². The van der Waals surface area contributed by atoms with Crippen molar-refractivity contribution >= 4 is 0 Å². The Kier molecular flexibility index (Phi) is 6.55. The molecule has 0 aromatic heterocycles. The van der Waals surface area contributed by atoms with Crippen LogP contribution in [0.25, 0.3) is 0 Å². The number of hydrogen-bond donors (Lipinski definition) is 1. The van der Waals surface area contributed by atoms with Gasteiger partial charge in [0.05, 0.1) is 6.61 Å². The lowest BCUT2D eigenvalue weighted by molar-refractivity contribution is 0.195. The van der Waals surface area contributed by atoms with Gasteiger partial charge in [0.25, 0.3) is 0 Å². The highest BCUT2D eigenvalue weighted by Crippen LogP contribution is 2.33. The van der Waals surface area contributed by atoms with E-state index in [-0.39, 0.29) is 0 Å². The van der Waals surface area contributed by atoms with Gasteiger partial charge in [-0.25, -0.2) is 0 Å². The van der Waals surface area contributed by atoms with Crippen LogP contribution in [0.4, 0.5) is 0 Å². The fraction of sp³-hybridized carbons (Fsp3) is 0.667. The number of ether oxygens (including phenoxy) is 1. The monoisotopic (exact) mass is 275 g/mol. The Labute approximate surface area is 123 Å². The lowest BCUT2D eigenvalue weighted by Crippen LogP contribution is -2.31. The maximum atomic E-state index is 5.12. The molecule has 112 valence electrons. The normalized spacial score (nSPS) is 17.5. The minimum absolute atomic E-state index is 0.774. The zero-order chi connectivity index (χ0) is 14.2. The van der Waals surface area contributed by atoms with Crippen molar-refractivity contribution in [2.24, 2.45) is 11.8 Å². The van der Waals surface area contributed by atoms with Crippen molar-refractivity contribution in [3.05, 3.63) is 35.4 Å². The summed E-state index contributed by atoms with van der Waals surface area (Å²) in [7, 11) is 1.77. The highest BCUT2D eigenvalue weighted by molar-refractivity contribution is 5.26. The second kappa shape index (κ2) is 8.43. The number of benzene rings is 1. The summed E-state index contributed by atoms with van der Waals surface area (Å²) >= 11 is 0. The summed E-state index contributed by atoms with van der Waals surface area (Å²) in [5.74, 6) is 1.68. The topological polar surface area (TPSA) is 21.3 Å². The van der Waals surface area contributed by atoms with E-state index < -0.39 is 0 Å². The summed E-state index contributed by atoms with van der Waals surface area (Å²) in [6.07, 6.45) is 6.91. The molecule has 1 N–H and O–H groups in total. The van der Waals surface area contributed by atoms with Gasteiger partial charge in [0.15, 0.2) is 0 Å². The van der Waals surface area contributed by atoms with E-state index in [1.807, 2.05) is 0 Å². The molecule has 0 amide bonds. The molecule has 1 atom stereocenters. The first-order chi connectivity index (χ1) is 9.81. The van der Waals surface area contributed by atoms with Gasteiger partial charge in [0.2, 0.25) is 0 Å². The number of rotatable bonds is 8. The maximum Gasteiger partial charge on any atom is 0.0587 e. The SMILES string of the molecule is COCCNCC(Cc1ccccc1C)C1CCCC1. The third kappa shape index (κ3) is 4.60. The Morgan fingerprint density at radius 3 is 2.70 bits per heavy atom. The van der Waals surface area contributed by atoms with Crippen molar-refractivity contribution in [1.29, 1.82) is 0 Å². The summed E-state index contributed by atoms with van der Waals surface area (Å²) in [6, 6.07) is 8.85. The van der Waals surface area contributed by atoms with E-state index in [0.29, 0.717) is 0 Å². The van der Waals surface area contributed by atoms with Gasteiger partial charge in [-0.05, 0) is 42.9 Å². The maximum absolute atomic E-state index is 5.12. The van der Waals surface area contributed by atoms with Crippen LogP contribution in [0, 0.1) is 18.8 Å². The second-order valence-corrected chi connectivity index (χ2v) is 6.13. The van der Waals surface area contributed by atoms with Crippen LogP contribution in [0.3, 0.4) is 0 Å². The molecule has 1 aliphatic rings. The Balaban J connectivity index is 1.93. The molecule has 2 rings (SSSR count). The summed E-state index contributed by atoms with van der Waals surface area (Å²) in [4.78, 5) is 0. The molecule has 0 aliphatic heterocycles. The Hall–Kier alpha value is -0.860. The lowest BCUT2D eigenvalue weighted by Gasteiger charge is -2.25. The standard InChI is InChI=1S/C18H29NO/c1-15-7-3-4-10-17(15)13-18(14-19-11-12-20-2)16-8-5-6-9-16/h3-4,7,10,16,18-19H,5-6,8-9,11-14H2,1-2H3. The average Bonchev–Trinajstić information content (AvgIpc) is 2.98. The van der Waals surface area contributed by atoms with Gasteiger partial charge >= 0.3 is 0 Å². The van der Waals surface area contributed by atoms with E-state index in [9.17, 15) is 0 Å². The third-order valence-electron chi connectivity index (χ3n) is 4.70. The van der Waals surface area contributed by atoms with E-state index in [0.717, 1.165) is 31.5 Å². The Morgan fingerprint density at radius 2 is 2.00 bits per heavy atom. The molecule has 1 unspecified atom stereocenters. The van der Waals surface area contributed by atoms with Crippen molar-refractivity contribution in [3.8, 4) is 0 Å². The molecule has 1 aromatic carbocycles. The molecule has 1 aromatic rings. The summed E-state index contributed by atoms with van der Waals surface area (Å²) in [5.41, 5.74) is 2.96. The van der Waals surface area contributed by atoms with Crippen molar-refractivity contribution in [2.45, 2.75) is 39.0 Å². The largest absolute Gasteiger partial charge is 0.383 e. The number of hydrogen-bond acceptors (Lipinski definition) is 2. The Bertz CT molecular complexity index is 385. The molecule has 0 bridgehead atoms. The fourth-order valence-electron chi connectivity index (χ4n) is 3.42. The fourth-order valence-corrected chi connectivity index (χ4v) is 3.42. The average molecular weight is 275 g/mol. The molecule has 2 heteroatoms. The first-order valence-electron chi connectivity index (χ1n) is 8.05. The molecule has 0 radical (unpaired) electrons. The molecule has 1 saturated carbocycles. The van der Waals surface area contributed by atoms with Gasteiger partial charge in [0.1, 0.15) is 0 Å². The smallest absolute Gasteiger partial charge is 0.0587 e. The molecule has 1 fully saturated rings. The van der Waals surface area contributed by atoms with Crippen LogP contribution in [0.2, 0.25) is 0 Å². The third-order valence-corrected chi connectivity index (χ3v) is 4.70. The van der Waals surface area contributed by atoms with Crippen LogP contribution in [0.1, 0.15) is 36.8 Å². The van der Waals surface area contributed by atoms with Gasteiger partial charge < -0.3 is 10.1 Å². The number of aryl methyl sites for hydroxylation is 1.